The highest BCUT2D eigenvalue weighted by Gasteiger charge is 2.18. The number of aliphatic carboxylic acids is 1. The van der Waals surface area contributed by atoms with Crippen molar-refractivity contribution >= 4 is 17.6 Å². The minimum Gasteiger partial charge on any atom is -0.481 e. The van der Waals surface area contributed by atoms with Crippen LogP contribution in [0.15, 0.2) is 42.5 Å². The summed E-state index contributed by atoms with van der Waals surface area (Å²) >= 11 is 5.86. The first kappa shape index (κ1) is 15.6. The normalized spacial score (nSPS) is 12.1. The lowest BCUT2D eigenvalue weighted by Crippen LogP contribution is -2.19. The van der Waals surface area contributed by atoms with Crippen molar-refractivity contribution in [3.63, 3.8) is 0 Å². The molecular formula is C18H19ClO2. The lowest BCUT2D eigenvalue weighted by Gasteiger charge is -2.13. The predicted molar refractivity (Wildman–Crippen MR) is 85.9 cm³/mol. The third-order valence-electron chi connectivity index (χ3n) is 3.80. The lowest BCUT2D eigenvalue weighted by atomic mass is 9.91. The van der Waals surface area contributed by atoms with Crippen molar-refractivity contribution in [1.29, 1.82) is 0 Å². The molecule has 2 aromatic rings. The molecule has 2 rings (SSSR count). The van der Waals surface area contributed by atoms with Crippen LogP contribution in [-0.4, -0.2) is 11.1 Å². The first-order valence-corrected chi connectivity index (χ1v) is 7.37. The van der Waals surface area contributed by atoms with E-state index in [0.29, 0.717) is 17.9 Å². The van der Waals surface area contributed by atoms with E-state index in [9.17, 15) is 9.90 Å². The van der Waals surface area contributed by atoms with Gasteiger partial charge in [-0.3, -0.25) is 4.79 Å². The van der Waals surface area contributed by atoms with E-state index in [1.54, 1.807) is 12.1 Å². The SMILES string of the molecule is Cc1ccc(CC(Cc2ccc(Cl)cc2)C(=O)O)cc1C. The number of halogens is 1. The fourth-order valence-electron chi connectivity index (χ4n) is 2.37. The summed E-state index contributed by atoms with van der Waals surface area (Å²) in [6.45, 7) is 4.11. The Labute approximate surface area is 130 Å². The van der Waals surface area contributed by atoms with Gasteiger partial charge in [-0.05, 0) is 61.1 Å². The molecule has 0 spiro atoms. The number of carbonyl (C=O) groups is 1. The highest BCUT2D eigenvalue weighted by molar-refractivity contribution is 6.30. The average Bonchev–Trinajstić information content (AvgIpc) is 2.44. The molecule has 0 fully saturated rings. The van der Waals surface area contributed by atoms with Gasteiger partial charge in [0.2, 0.25) is 0 Å². The van der Waals surface area contributed by atoms with Crippen LogP contribution in [0.1, 0.15) is 22.3 Å². The lowest BCUT2D eigenvalue weighted by molar-refractivity contribution is -0.141. The number of benzene rings is 2. The Morgan fingerprint density at radius 2 is 1.57 bits per heavy atom. The summed E-state index contributed by atoms with van der Waals surface area (Å²) in [6, 6.07) is 13.5. The maximum Gasteiger partial charge on any atom is 0.307 e. The number of aryl methyl sites for hydroxylation is 2. The fraction of sp³-hybridized carbons (Fsp3) is 0.278. The molecule has 0 heterocycles. The van der Waals surface area contributed by atoms with Gasteiger partial charge in [-0.1, -0.05) is 41.9 Å². The number of carboxylic acid groups (broad SMARTS) is 1. The van der Waals surface area contributed by atoms with Crippen LogP contribution in [0.5, 0.6) is 0 Å². The van der Waals surface area contributed by atoms with Crippen LogP contribution in [0.4, 0.5) is 0 Å². The number of carboxylic acids is 1. The van der Waals surface area contributed by atoms with Gasteiger partial charge in [0.1, 0.15) is 0 Å². The number of rotatable bonds is 5. The van der Waals surface area contributed by atoms with Crippen LogP contribution in [0.3, 0.4) is 0 Å². The van der Waals surface area contributed by atoms with Crippen molar-refractivity contribution in [2.45, 2.75) is 26.7 Å². The first-order valence-electron chi connectivity index (χ1n) is 6.99. The van der Waals surface area contributed by atoms with Gasteiger partial charge >= 0.3 is 5.97 Å². The molecule has 0 aliphatic rings. The highest BCUT2D eigenvalue weighted by Crippen LogP contribution is 2.19. The smallest absolute Gasteiger partial charge is 0.307 e. The van der Waals surface area contributed by atoms with Crippen molar-refractivity contribution < 1.29 is 9.90 Å². The summed E-state index contributed by atoms with van der Waals surface area (Å²) in [5, 5.41) is 10.1. The van der Waals surface area contributed by atoms with E-state index in [1.165, 1.54) is 11.1 Å². The summed E-state index contributed by atoms with van der Waals surface area (Å²) in [4.78, 5) is 11.5. The second kappa shape index (κ2) is 6.77. The Balaban J connectivity index is 2.13. The summed E-state index contributed by atoms with van der Waals surface area (Å²) in [6.07, 6.45) is 1.05. The van der Waals surface area contributed by atoms with Crippen LogP contribution in [0.25, 0.3) is 0 Å². The second-order valence-electron chi connectivity index (χ2n) is 5.49. The van der Waals surface area contributed by atoms with Gasteiger partial charge in [-0.25, -0.2) is 0 Å². The molecule has 2 nitrogen and oxygen atoms in total. The number of hydrogen-bond acceptors (Lipinski definition) is 1. The van der Waals surface area contributed by atoms with E-state index in [1.807, 2.05) is 31.2 Å². The molecule has 0 amide bonds. The third kappa shape index (κ3) is 4.33. The zero-order valence-corrected chi connectivity index (χ0v) is 13.0. The zero-order chi connectivity index (χ0) is 15.4. The Hall–Kier alpha value is -1.80. The quantitative estimate of drug-likeness (QED) is 0.886. The molecule has 2 aromatic carbocycles. The minimum atomic E-state index is -0.761. The highest BCUT2D eigenvalue weighted by atomic mass is 35.5. The average molecular weight is 303 g/mol. The Kier molecular flexibility index (Phi) is 5.03. The molecule has 3 heteroatoms. The van der Waals surface area contributed by atoms with Gasteiger partial charge in [0.05, 0.1) is 5.92 Å². The molecule has 0 aromatic heterocycles. The van der Waals surface area contributed by atoms with Gasteiger partial charge in [-0.15, -0.1) is 0 Å². The van der Waals surface area contributed by atoms with E-state index in [-0.39, 0.29) is 0 Å². The summed E-state index contributed by atoms with van der Waals surface area (Å²) in [7, 11) is 0. The molecule has 21 heavy (non-hydrogen) atoms. The third-order valence-corrected chi connectivity index (χ3v) is 4.05. The van der Waals surface area contributed by atoms with Gasteiger partial charge in [0.15, 0.2) is 0 Å². The molecule has 0 radical (unpaired) electrons. The van der Waals surface area contributed by atoms with E-state index in [0.717, 1.165) is 11.1 Å². The molecule has 0 aliphatic carbocycles. The standard InChI is InChI=1S/C18H19ClO2/c1-12-3-4-15(9-13(12)2)11-16(18(20)21)10-14-5-7-17(19)8-6-14/h3-9,16H,10-11H2,1-2H3,(H,20,21). The van der Waals surface area contributed by atoms with Crippen LogP contribution in [-0.2, 0) is 17.6 Å². The van der Waals surface area contributed by atoms with Crippen molar-refractivity contribution in [3.05, 3.63) is 69.7 Å². The molecule has 110 valence electrons. The molecule has 0 aliphatic heterocycles. The Bertz CT molecular complexity index is 632. The molecule has 0 saturated carbocycles. The molecule has 0 bridgehead atoms. The van der Waals surface area contributed by atoms with E-state index >= 15 is 0 Å². The Morgan fingerprint density at radius 1 is 1.00 bits per heavy atom. The molecule has 1 unspecified atom stereocenters. The fourth-order valence-corrected chi connectivity index (χ4v) is 2.49. The van der Waals surface area contributed by atoms with E-state index in [2.05, 4.69) is 13.0 Å². The van der Waals surface area contributed by atoms with Crippen LogP contribution < -0.4 is 0 Å². The van der Waals surface area contributed by atoms with Gasteiger partial charge in [0, 0.05) is 5.02 Å². The van der Waals surface area contributed by atoms with Crippen molar-refractivity contribution in [2.24, 2.45) is 5.92 Å². The van der Waals surface area contributed by atoms with Crippen LogP contribution >= 0.6 is 11.6 Å². The number of hydrogen-bond donors (Lipinski definition) is 1. The first-order chi connectivity index (χ1) is 9.95. The van der Waals surface area contributed by atoms with Crippen molar-refractivity contribution in [1.82, 2.24) is 0 Å². The van der Waals surface area contributed by atoms with Crippen molar-refractivity contribution in [3.8, 4) is 0 Å². The maximum absolute atomic E-state index is 11.5. The zero-order valence-electron chi connectivity index (χ0n) is 12.3. The molecular weight excluding hydrogens is 284 g/mol. The molecule has 0 saturated heterocycles. The summed E-state index contributed by atoms with van der Waals surface area (Å²) in [5.74, 6) is -1.18. The summed E-state index contributed by atoms with van der Waals surface area (Å²) in [5.41, 5.74) is 4.49. The minimum absolute atomic E-state index is 0.423. The monoisotopic (exact) mass is 302 g/mol. The largest absolute Gasteiger partial charge is 0.481 e. The predicted octanol–water partition coefficient (Wildman–Crippen LogP) is 4.44. The van der Waals surface area contributed by atoms with Gasteiger partial charge < -0.3 is 5.11 Å². The topological polar surface area (TPSA) is 37.3 Å². The van der Waals surface area contributed by atoms with Gasteiger partial charge in [-0.2, -0.15) is 0 Å². The van der Waals surface area contributed by atoms with Crippen LogP contribution in [0, 0.1) is 19.8 Å². The van der Waals surface area contributed by atoms with Crippen molar-refractivity contribution in [2.75, 3.05) is 0 Å². The van der Waals surface area contributed by atoms with Gasteiger partial charge in [0.25, 0.3) is 0 Å². The Morgan fingerprint density at radius 3 is 2.14 bits per heavy atom. The van der Waals surface area contributed by atoms with Crippen LogP contribution in [0.2, 0.25) is 5.02 Å². The summed E-state index contributed by atoms with van der Waals surface area (Å²) < 4.78 is 0. The van der Waals surface area contributed by atoms with E-state index < -0.39 is 11.9 Å². The second-order valence-corrected chi connectivity index (χ2v) is 5.92. The molecule has 1 N–H and O–H groups in total. The molecule has 1 atom stereocenters. The maximum atomic E-state index is 11.5. The van der Waals surface area contributed by atoms with E-state index in [4.69, 9.17) is 11.6 Å².